The Labute approximate surface area is 136 Å². The van der Waals surface area contributed by atoms with Crippen LogP contribution in [0.1, 0.15) is 5.56 Å². The molecule has 23 heavy (non-hydrogen) atoms. The molecule has 0 aromatic carbocycles. The van der Waals surface area contributed by atoms with Gasteiger partial charge in [-0.25, -0.2) is 4.79 Å². The van der Waals surface area contributed by atoms with Crippen LogP contribution in [0.25, 0.3) is 0 Å². The highest BCUT2D eigenvalue weighted by Gasteiger charge is 2.24. The number of carbonyl (C=O) groups excluding carboxylic acids is 1. The molecule has 3 rings (SSSR count). The van der Waals surface area contributed by atoms with Crippen LogP contribution in [-0.2, 0) is 16.0 Å². The fourth-order valence-corrected chi connectivity index (χ4v) is 2.86. The number of pyridine rings is 1. The summed E-state index contributed by atoms with van der Waals surface area (Å²) in [6, 6.07) is 3.82. The minimum Gasteiger partial charge on any atom is -0.376 e. The van der Waals surface area contributed by atoms with Crippen LogP contribution in [0.5, 0.6) is 0 Å². The summed E-state index contributed by atoms with van der Waals surface area (Å²) in [5, 5.41) is 2.95. The molecule has 1 N–H and O–H groups in total. The summed E-state index contributed by atoms with van der Waals surface area (Å²) < 4.78 is 11.1. The zero-order chi connectivity index (χ0) is 15.9. The van der Waals surface area contributed by atoms with Crippen molar-refractivity contribution < 1.29 is 14.3 Å². The second-order valence-corrected chi connectivity index (χ2v) is 5.88. The van der Waals surface area contributed by atoms with Gasteiger partial charge in [0.1, 0.15) is 0 Å². The Morgan fingerprint density at radius 1 is 1.30 bits per heavy atom. The number of piperazine rings is 1. The van der Waals surface area contributed by atoms with Crippen LogP contribution in [0.15, 0.2) is 24.5 Å². The summed E-state index contributed by atoms with van der Waals surface area (Å²) in [6.07, 6.45) is 3.66. The Morgan fingerprint density at radius 3 is 2.87 bits per heavy atom. The van der Waals surface area contributed by atoms with Crippen molar-refractivity contribution in [2.45, 2.75) is 12.6 Å². The summed E-state index contributed by atoms with van der Waals surface area (Å²) in [6.45, 7) is 6.68. The number of carbonyl (C=O) groups is 1. The Kier molecular flexibility index (Phi) is 5.79. The van der Waals surface area contributed by atoms with E-state index >= 15 is 0 Å². The Morgan fingerprint density at radius 2 is 2.17 bits per heavy atom. The molecule has 0 aliphatic carbocycles. The molecule has 7 heteroatoms. The van der Waals surface area contributed by atoms with E-state index in [1.54, 1.807) is 12.4 Å². The van der Waals surface area contributed by atoms with E-state index in [-0.39, 0.29) is 12.1 Å². The maximum Gasteiger partial charge on any atom is 0.317 e. The van der Waals surface area contributed by atoms with Gasteiger partial charge in [-0.3, -0.25) is 9.88 Å². The number of amides is 2. The van der Waals surface area contributed by atoms with E-state index in [4.69, 9.17) is 9.47 Å². The van der Waals surface area contributed by atoms with E-state index in [2.05, 4.69) is 15.2 Å². The third-order valence-corrected chi connectivity index (χ3v) is 4.17. The van der Waals surface area contributed by atoms with Crippen molar-refractivity contribution in [2.75, 3.05) is 52.5 Å². The molecule has 0 bridgehead atoms. The SMILES string of the molecule is O=C(NCc1cccnc1)N1CCN(CC2COCCO2)CC1. The smallest absolute Gasteiger partial charge is 0.317 e. The largest absolute Gasteiger partial charge is 0.376 e. The molecular formula is C16H24N4O3. The Hall–Kier alpha value is -1.70. The second-order valence-electron chi connectivity index (χ2n) is 5.88. The highest BCUT2D eigenvalue weighted by molar-refractivity contribution is 5.74. The molecule has 1 aromatic rings. The van der Waals surface area contributed by atoms with Crippen molar-refractivity contribution in [1.82, 2.24) is 20.1 Å². The van der Waals surface area contributed by atoms with Crippen molar-refractivity contribution in [2.24, 2.45) is 0 Å². The van der Waals surface area contributed by atoms with Crippen molar-refractivity contribution >= 4 is 6.03 Å². The van der Waals surface area contributed by atoms with E-state index in [0.717, 1.165) is 38.3 Å². The van der Waals surface area contributed by atoms with Gasteiger partial charge in [-0.05, 0) is 11.6 Å². The fraction of sp³-hybridized carbons (Fsp3) is 0.625. The first-order chi connectivity index (χ1) is 11.3. The molecule has 1 unspecified atom stereocenters. The molecule has 0 spiro atoms. The predicted molar refractivity (Wildman–Crippen MR) is 85.0 cm³/mol. The molecular weight excluding hydrogens is 296 g/mol. The molecule has 0 radical (unpaired) electrons. The number of hydrogen-bond acceptors (Lipinski definition) is 5. The zero-order valence-corrected chi connectivity index (χ0v) is 13.3. The van der Waals surface area contributed by atoms with Crippen LogP contribution in [0.4, 0.5) is 4.79 Å². The number of hydrogen-bond donors (Lipinski definition) is 1. The lowest BCUT2D eigenvalue weighted by Crippen LogP contribution is -2.53. The van der Waals surface area contributed by atoms with Crippen LogP contribution in [0.3, 0.4) is 0 Å². The minimum absolute atomic E-state index is 0.00856. The number of nitrogens with one attached hydrogen (secondary N) is 1. The van der Waals surface area contributed by atoms with Gasteiger partial charge in [0.15, 0.2) is 0 Å². The maximum atomic E-state index is 12.2. The Balaban J connectivity index is 1.37. The van der Waals surface area contributed by atoms with E-state index in [1.165, 1.54) is 0 Å². The molecule has 0 saturated carbocycles. The minimum atomic E-state index is -0.00856. The third-order valence-electron chi connectivity index (χ3n) is 4.17. The van der Waals surface area contributed by atoms with Crippen LogP contribution >= 0.6 is 0 Å². The first-order valence-corrected chi connectivity index (χ1v) is 8.14. The summed E-state index contributed by atoms with van der Waals surface area (Å²) in [5.74, 6) is 0. The number of nitrogens with zero attached hydrogens (tertiary/aromatic N) is 3. The number of ether oxygens (including phenoxy) is 2. The lowest BCUT2D eigenvalue weighted by Gasteiger charge is -2.37. The molecule has 2 amide bonds. The topological polar surface area (TPSA) is 66.9 Å². The second kappa shape index (κ2) is 8.24. The fourth-order valence-electron chi connectivity index (χ4n) is 2.86. The summed E-state index contributed by atoms with van der Waals surface area (Å²) in [7, 11) is 0. The van der Waals surface area contributed by atoms with E-state index in [0.29, 0.717) is 26.4 Å². The maximum absolute atomic E-state index is 12.2. The van der Waals surface area contributed by atoms with Gasteiger partial charge in [0.2, 0.25) is 0 Å². The number of urea groups is 1. The van der Waals surface area contributed by atoms with Crippen molar-refractivity contribution in [1.29, 1.82) is 0 Å². The van der Waals surface area contributed by atoms with Gasteiger partial charge in [-0.15, -0.1) is 0 Å². The normalized spacial score (nSPS) is 22.8. The lowest BCUT2D eigenvalue weighted by atomic mass is 10.2. The third kappa shape index (κ3) is 4.89. The lowest BCUT2D eigenvalue weighted by molar-refractivity contribution is -0.0993. The van der Waals surface area contributed by atoms with E-state index in [1.807, 2.05) is 17.0 Å². The van der Waals surface area contributed by atoms with Gasteiger partial charge in [-0.2, -0.15) is 0 Å². The van der Waals surface area contributed by atoms with E-state index in [9.17, 15) is 4.79 Å². The average molecular weight is 320 g/mol. The molecule has 2 aliphatic rings. The van der Waals surface area contributed by atoms with Gasteiger partial charge in [-0.1, -0.05) is 6.07 Å². The highest BCUT2D eigenvalue weighted by atomic mass is 16.6. The molecule has 3 heterocycles. The van der Waals surface area contributed by atoms with E-state index < -0.39 is 0 Å². The molecule has 1 atom stereocenters. The van der Waals surface area contributed by atoms with Crippen LogP contribution in [-0.4, -0.2) is 79.5 Å². The quantitative estimate of drug-likeness (QED) is 0.866. The van der Waals surface area contributed by atoms with Gasteiger partial charge in [0, 0.05) is 51.7 Å². The standard InChI is InChI=1S/C16H24N4O3/c21-16(18-11-14-2-1-3-17-10-14)20-6-4-19(5-7-20)12-15-13-22-8-9-23-15/h1-3,10,15H,4-9,11-13H2,(H,18,21). The molecule has 2 saturated heterocycles. The Bertz CT molecular complexity index is 485. The van der Waals surface area contributed by atoms with Gasteiger partial charge < -0.3 is 19.7 Å². The van der Waals surface area contributed by atoms with Crippen LogP contribution in [0, 0.1) is 0 Å². The van der Waals surface area contributed by atoms with Crippen LogP contribution < -0.4 is 5.32 Å². The van der Waals surface area contributed by atoms with Crippen molar-refractivity contribution in [3.05, 3.63) is 30.1 Å². The predicted octanol–water partition coefficient (Wildman–Crippen LogP) is 0.324. The molecule has 2 aliphatic heterocycles. The molecule has 7 nitrogen and oxygen atoms in total. The number of rotatable bonds is 4. The highest BCUT2D eigenvalue weighted by Crippen LogP contribution is 2.08. The summed E-state index contributed by atoms with van der Waals surface area (Å²) in [4.78, 5) is 20.4. The van der Waals surface area contributed by atoms with Gasteiger partial charge in [0.25, 0.3) is 0 Å². The van der Waals surface area contributed by atoms with Crippen molar-refractivity contribution in [3.8, 4) is 0 Å². The zero-order valence-electron chi connectivity index (χ0n) is 13.3. The number of aromatic nitrogens is 1. The summed E-state index contributed by atoms with van der Waals surface area (Å²) in [5.41, 5.74) is 1.01. The first-order valence-electron chi connectivity index (χ1n) is 8.14. The average Bonchev–Trinajstić information content (AvgIpc) is 2.62. The van der Waals surface area contributed by atoms with Gasteiger partial charge in [0.05, 0.1) is 25.9 Å². The van der Waals surface area contributed by atoms with Gasteiger partial charge >= 0.3 is 6.03 Å². The summed E-state index contributed by atoms with van der Waals surface area (Å²) >= 11 is 0. The molecule has 1 aromatic heterocycles. The van der Waals surface area contributed by atoms with Crippen LogP contribution in [0.2, 0.25) is 0 Å². The molecule has 2 fully saturated rings. The first kappa shape index (κ1) is 16.2. The monoisotopic (exact) mass is 320 g/mol. The molecule has 126 valence electrons. The van der Waals surface area contributed by atoms with Crippen molar-refractivity contribution in [3.63, 3.8) is 0 Å².